The molecule has 0 spiro atoms. The lowest BCUT2D eigenvalue weighted by atomic mass is 9.94. The van der Waals surface area contributed by atoms with Crippen molar-refractivity contribution in [3.05, 3.63) is 64.9 Å². The number of rotatable bonds is 4. The standard InChI is InChI=1S/C23H26N4O2/c1-15-7-6-8-18(11-15)13-22(28)27-10-5-4-9-20(27)23-19(14-24-17(3)25-23)21-12-16(2)26-29-21/h6-8,11-12,14,20H,4-5,9-10,13H2,1-3H3. The lowest BCUT2D eigenvalue weighted by molar-refractivity contribution is -0.134. The number of carbonyl (C=O) groups excluding carboxylic acids is 1. The van der Waals surface area contributed by atoms with Crippen molar-refractivity contribution in [3.63, 3.8) is 0 Å². The quantitative estimate of drug-likeness (QED) is 0.662. The van der Waals surface area contributed by atoms with Gasteiger partial charge in [-0.05, 0) is 45.6 Å². The minimum absolute atomic E-state index is 0.0804. The number of hydrogen-bond donors (Lipinski definition) is 0. The molecule has 1 saturated heterocycles. The van der Waals surface area contributed by atoms with Gasteiger partial charge in [-0.2, -0.15) is 0 Å². The van der Waals surface area contributed by atoms with Gasteiger partial charge in [0.2, 0.25) is 5.91 Å². The van der Waals surface area contributed by atoms with Crippen LogP contribution in [0, 0.1) is 20.8 Å². The third kappa shape index (κ3) is 4.21. The first kappa shape index (κ1) is 19.3. The molecular formula is C23H26N4O2. The Balaban J connectivity index is 1.67. The highest BCUT2D eigenvalue weighted by molar-refractivity contribution is 5.79. The smallest absolute Gasteiger partial charge is 0.227 e. The number of nitrogens with zero attached hydrogens (tertiary/aromatic N) is 4. The van der Waals surface area contributed by atoms with Crippen LogP contribution in [0.4, 0.5) is 0 Å². The van der Waals surface area contributed by atoms with Gasteiger partial charge >= 0.3 is 0 Å². The van der Waals surface area contributed by atoms with Crippen molar-refractivity contribution in [1.82, 2.24) is 20.0 Å². The molecular weight excluding hydrogens is 364 g/mol. The number of aromatic nitrogens is 3. The highest BCUT2D eigenvalue weighted by Gasteiger charge is 2.32. The van der Waals surface area contributed by atoms with Crippen molar-refractivity contribution in [2.24, 2.45) is 0 Å². The van der Waals surface area contributed by atoms with Gasteiger partial charge in [0.1, 0.15) is 5.82 Å². The van der Waals surface area contributed by atoms with Crippen LogP contribution in [0.2, 0.25) is 0 Å². The fraction of sp³-hybridized carbons (Fsp3) is 0.391. The van der Waals surface area contributed by atoms with Gasteiger partial charge in [-0.15, -0.1) is 0 Å². The average molecular weight is 390 g/mol. The Hall–Kier alpha value is -3.02. The molecule has 1 unspecified atom stereocenters. The SMILES string of the molecule is Cc1cccc(CC(=O)N2CCCCC2c2nc(C)ncc2-c2cc(C)no2)c1. The number of benzene rings is 1. The molecule has 1 aromatic carbocycles. The van der Waals surface area contributed by atoms with Crippen LogP contribution in [0.1, 0.15) is 53.6 Å². The summed E-state index contributed by atoms with van der Waals surface area (Å²) < 4.78 is 5.49. The number of amides is 1. The summed E-state index contributed by atoms with van der Waals surface area (Å²) in [5.41, 5.74) is 4.69. The van der Waals surface area contributed by atoms with Crippen molar-refractivity contribution in [1.29, 1.82) is 0 Å². The van der Waals surface area contributed by atoms with Crippen LogP contribution in [0.5, 0.6) is 0 Å². The number of aryl methyl sites for hydroxylation is 3. The number of hydrogen-bond acceptors (Lipinski definition) is 5. The monoisotopic (exact) mass is 390 g/mol. The second kappa shape index (κ2) is 8.15. The Bertz CT molecular complexity index is 1030. The van der Waals surface area contributed by atoms with Gasteiger partial charge in [0.05, 0.1) is 29.4 Å². The maximum absolute atomic E-state index is 13.2. The molecule has 150 valence electrons. The molecule has 0 saturated carbocycles. The van der Waals surface area contributed by atoms with Gasteiger partial charge in [-0.25, -0.2) is 9.97 Å². The molecule has 4 rings (SSSR count). The van der Waals surface area contributed by atoms with E-state index in [9.17, 15) is 4.79 Å². The predicted octanol–water partition coefficient (Wildman–Crippen LogP) is 4.35. The van der Waals surface area contributed by atoms with E-state index in [-0.39, 0.29) is 11.9 Å². The first-order valence-electron chi connectivity index (χ1n) is 10.1. The van der Waals surface area contributed by atoms with Gasteiger partial charge in [0, 0.05) is 18.8 Å². The molecule has 0 N–H and O–H groups in total. The van der Waals surface area contributed by atoms with E-state index in [1.807, 2.05) is 49.9 Å². The Morgan fingerprint density at radius 3 is 2.83 bits per heavy atom. The van der Waals surface area contributed by atoms with Crippen molar-refractivity contribution in [3.8, 4) is 11.3 Å². The summed E-state index contributed by atoms with van der Waals surface area (Å²) in [5.74, 6) is 1.47. The van der Waals surface area contributed by atoms with E-state index in [2.05, 4.69) is 16.2 Å². The summed E-state index contributed by atoms with van der Waals surface area (Å²) in [5, 5.41) is 4.01. The molecule has 29 heavy (non-hydrogen) atoms. The van der Waals surface area contributed by atoms with Gasteiger partial charge < -0.3 is 9.42 Å². The molecule has 0 aliphatic carbocycles. The summed E-state index contributed by atoms with van der Waals surface area (Å²) in [6.07, 6.45) is 5.15. The van der Waals surface area contributed by atoms with Gasteiger partial charge in [0.15, 0.2) is 5.76 Å². The number of piperidine rings is 1. The molecule has 1 aliphatic rings. The normalized spacial score (nSPS) is 16.8. The van der Waals surface area contributed by atoms with Crippen molar-refractivity contribution < 1.29 is 9.32 Å². The van der Waals surface area contributed by atoms with Crippen LogP contribution in [0.3, 0.4) is 0 Å². The lowest BCUT2D eigenvalue weighted by Gasteiger charge is -2.36. The van der Waals surface area contributed by atoms with E-state index in [1.54, 1.807) is 6.20 Å². The Kier molecular flexibility index (Phi) is 5.43. The Morgan fingerprint density at radius 2 is 2.07 bits per heavy atom. The largest absolute Gasteiger partial charge is 0.356 e. The van der Waals surface area contributed by atoms with E-state index in [0.29, 0.717) is 18.0 Å². The first-order chi connectivity index (χ1) is 14.0. The molecule has 1 atom stereocenters. The molecule has 2 aromatic heterocycles. The molecule has 0 bridgehead atoms. The van der Waals surface area contributed by atoms with E-state index in [0.717, 1.165) is 48.3 Å². The second-order valence-corrected chi connectivity index (χ2v) is 7.81. The summed E-state index contributed by atoms with van der Waals surface area (Å²) in [6, 6.07) is 9.95. The average Bonchev–Trinajstić information content (AvgIpc) is 3.14. The summed E-state index contributed by atoms with van der Waals surface area (Å²) in [6.45, 7) is 6.56. The molecule has 6 heteroatoms. The molecule has 0 radical (unpaired) electrons. The highest BCUT2D eigenvalue weighted by Crippen LogP contribution is 2.36. The topological polar surface area (TPSA) is 72.1 Å². The van der Waals surface area contributed by atoms with Gasteiger partial charge in [0.25, 0.3) is 0 Å². The molecule has 3 heterocycles. The molecule has 1 aliphatic heterocycles. The van der Waals surface area contributed by atoms with Crippen molar-refractivity contribution in [2.75, 3.05) is 6.54 Å². The third-order valence-electron chi connectivity index (χ3n) is 5.41. The van der Waals surface area contributed by atoms with Crippen LogP contribution >= 0.6 is 0 Å². The Morgan fingerprint density at radius 1 is 1.21 bits per heavy atom. The minimum atomic E-state index is -0.0804. The third-order valence-corrected chi connectivity index (χ3v) is 5.41. The zero-order valence-corrected chi connectivity index (χ0v) is 17.2. The summed E-state index contributed by atoms with van der Waals surface area (Å²) in [4.78, 5) is 24.3. The molecule has 6 nitrogen and oxygen atoms in total. The fourth-order valence-electron chi connectivity index (χ4n) is 4.03. The molecule has 1 fully saturated rings. The van der Waals surface area contributed by atoms with Gasteiger partial charge in [-0.3, -0.25) is 4.79 Å². The van der Waals surface area contributed by atoms with E-state index < -0.39 is 0 Å². The highest BCUT2D eigenvalue weighted by atomic mass is 16.5. The fourth-order valence-corrected chi connectivity index (χ4v) is 4.03. The number of carbonyl (C=O) groups is 1. The first-order valence-corrected chi connectivity index (χ1v) is 10.1. The summed E-state index contributed by atoms with van der Waals surface area (Å²) >= 11 is 0. The Labute approximate surface area is 171 Å². The van der Waals surface area contributed by atoms with Crippen LogP contribution in [0.25, 0.3) is 11.3 Å². The molecule has 1 amide bonds. The maximum atomic E-state index is 13.2. The van der Waals surface area contributed by atoms with Crippen LogP contribution in [0.15, 0.2) is 41.1 Å². The van der Waals surface area contributed by atoms with E-state index in [1.165, 1.54) is 5.56 Å². The summed E-state index contributed by atoms with van der Waals surface area (Å²) in [7, 11) is 0. The van der Waals surface area contributed by atoms with Crippen LogP contribution < -0.4 is 0 Å². The van der Waals surface area contributed by atoms with E-state index in [4.69, 9.17) is 9.51 Å². The van der Waals surface area contributed by atoms with Crippen LogP contribution in [-0.2, 0) is 11.2 Å². The van der Waals surface area contributed by atoms with Crippen molar-refractivity contribution >= 4 is 5.91 Å². The van der Waals surface area contributed by atoms with E-state index >= 15 is 0 Å². The van der Waals surface area contributed by atoms with Crippen LogP contribution in [-0.4, -0.2) is 32.5 Å². The predicted molar refractivity (Wildman–Crippen MR) is 110 cm³/mol. The number of likely N-dealkylation sites (tertiary alicyclic amines) is 1. The molecule has 3 aromatic rings. The van der Waals surface area contributed by atoms with Gasteiger partial charge in [-0.1, -0.05) is 35.0 Å². The second-order valence-electron chi connectivity index (χ2n) is 7.81. The zero-order chi connectivity index (χ0) is 20.4. The minimum Gasteiger partial charge on any atom is -0.356 e. The maximum Gasteiger partial charge on any atom is 0.227 e. The zero-order valence-electron chi connectivity index (χ0n) is 17.2. The van der Waals surface area contributed by atoms with Crippen molar-refractivity contribution in [2.45, 2.75) is 52.5 Å². The lowest BCUT2D eigenvalue weighted by Crippen LogP contribution is -2.40.